The van der Waals surface area contributed by atoms with Gasteiger partial charge in [0.25, 0.3) is 0 Å². The number of benzene rings is 10. The highest BCUT2D eigenvalue weighted by Gasteiger charge is 2.23. The molecule has 330 valence electrons. The summed E-state index contributed by atoms with van der Waals surface area (Å²) in [6, 6.07) is 84.6. The van der Waals surface area contributed by atoms with Crippen LogP contribution in [0.3, 0.4) is 0 Å². The summed E-state index contributed by atoms with van der Waals surface area (Å²) < 4.78 is 4.83. The van der Waals surface area contributed by atoms with Crippen molar-refractivity contribution in [2.75, 3.05) is 0 Å². The van der Waals surface area contributed by atoms with Gasteiger partial charge in [0, 0.05) is 43.9 Å². The van der Waals surface area contributed by atoms with E-state index in [1.54, 1.807) is 0 Å². The van der Waals surface area contributed by atoms with Crippen LogP contribution in [-0.2, 0) is 0 Å². The monoisotopic (exact) mass is 895 g/mol. The van der Waals surface area contributed by atoms with Crippen LogP contribution in [0.2, 0.25) is 0 Å². The number of nitrogens with zero attached hydrogens (tertiary/aromatic N) is 5. The Morgan fingerprint density at radius 2 is 0.757 bits per heavy atom. The van der Waals surface area contributed by atoms with Gasteiger partial charge in [0.2, 0.25) is 0 Å². The van der Waals surface area contributed by atoms with Crippen LogP contribution >= 0.6 is 0 Å². The molecule has 0 aliphatic heterocycles. The molecule has 0 bridgehead atoms. The first-order valence-electron chi connectivity index (χ1n) is 23.9. The normalized spacial score (nSPS) is 11.6. The fourth-order valence-corrected chi connectivity index (χ4v) is 10.5. The van der Waals surface area contributed by atoms with E-state index in [0.717, 1.165) is 72.4 Å². The summed E-state index contributed by atoms with van der Waals surface area (Å²) in [5.41, 5.74) is 18.7. The standard InChI is InChI=1S/C65H45N5/c1-42-19-12-14-27-50(42)47-33-36-53-54-37-34-48(51-28-15-13-20-43(51)2)41-61(54)70(60(53)40-47)58-38-35-46(52-30-18-32-59-62(52)55-29-16-17-31-57(55)69(59)49-25-10-5-11-26-49)39-56(58)65-67-63(44-21-6-3-7-22-44)66-64(68-65)45-23-8-4-9-24-45/h3-41H,1-2H3. The van der Waals surface area contributed by atoms with E-state index in [4.69, 9.17) is 15.0 Å². The summed E-state index contributed by atoms with van der Waals surface area (Å²) in [6.45, 7) is 4.38. The van der Waals surface area contributed by atoms with Gasteiger partial charge < -0.3 is 9.13 Å². The van der Waals surface area contributed by atoms with Crippen molar-refractivity contribution >= 4 is 43.6 Å². The van der Waals surface area contributed by atoms with Crippen LogP contribution in [0.1, 0.15) is 11.1 Å². The second-order valence-electron chi connectivity index (χ2n) is 18.1. The van der Waals surface area contributed by atoms with E-state index in [1.165, 1.54) is 43.8 Å². The maximum Gasteiger partial charge on any atom is 0.166 e. The smallest absolute Gasteiger partial charge is 0.166 e. The molecular weight excluding hydrogens is 851 g/mol. The van der Waals surface area contributed by atoms with E-state index in [1.807, 2.05) is 36.4 Å². The quantitative estimate of drug-likeness (QED) is 0.153. The maximum atomic E-state index is 5.43. The zero-order valence-corrected chi connectivity index (χ0v) is 38.8. The van der Waals surface area contributed by atoms with Crippen LogP contribution < -0.4 is 0 Å². The van der Waals surface area contributed by atoms with Gasteiger partial charge in [-0.25, -0.2) is 15.0 Å². The molecule has 3 aromatic heterocycles. The molecule has 0 aliphatic rings. The van der Waals surface area contributed by atoms with E-state index in [2.05, 4.69) is 223 Å². The average molecular weight is 896 g/mol. The summed E-state index contributed by atoms with van der Waals surface area (Å²) >= 11 is 0. The van der Waals surface area contributed by atoms with Crippen molar-refractivity contribution in [1.82, 2.24) is 24.1 Å². The lowest BCUT2D eigenvalue weighted by atomic mass is 9.96. The van der Waals surface area contributed by atoms with E-state index >= 15 is 0 Å². The minimum atomic E-state index is 0.587. The highest BCUT2D eigenvalue weighted by Crippen LogP contribution is 2.44. The van der Waals surface area contributed by atoms with Crippen LogP contribution in [0, 0.1) is 13.8 Å². The zero-order valence-electron chi connectivity index (χ0n) is 38.8. The van der Waals surface area contributed by atoms with Gasteiger partial charge >= 0.3 is 0 Å². The molecule has 0 spiro atoms. The molecule has 5 heteroatoms. The number of aryl methyl sites for hydroxylation is 2. The third kappa shape index (κ3) is 6.90. The van der Waals surface area contributed by atoms with Crippen molar-refractivity contribution in [3.8, 4) is 78.9 Å². The SMILES string of the molecule is Cc1ccccc1-c1ccc2c3ccc(-c4ccccc4C)cc3n(-c3ccc(-c4cccc5c4c4ccccc4n5-c4ccccc4)cc3-c3nc(-c4ccccc4)nc(-c4ccccc4)n3)c2c1. The van der Waals surface area contributed by atoms with Crippen LogP contribution in [0.5, 0.6) is 0 Å². The molecule has 13 rings (SSSR count). The predicted molar refractivity (Wildman–Crippen MR) is 291 cm³/mol. The highest BCUT2D eigenvalue weighted by molar-refractivity contribution is 6.16. The van der Waals surface area contributed by atoms with E-state index in [-0.39, 0.29) is 0 Å². The Morgan fingerprint density at radius 1 is 0.286 bits per heavy atom. The van der Waals surface area contributed by atoms with Crippen molar-refractivity contribution in [2.45, 2.75) is 13.8 Å². The van der Waals surface area contributed by atoms with Gasteiger partial charge in [0.15, 0.2) is 17.5 Å². The fourth-order valence-electron chi connectivity index (χ4n) is 10.5. The summed E-state index contributed by atoms with van der Waals surface area (Å²) in [4.78, 5) is 16.0. The van der Waals surface area contributed by atoms with Gasteiger partial charge in [-0.05, 0) is 107 Å². The summed E-state index contributed by atoms with van der Waals surface area (Å²) in [7, 11) is 0. The Balaban J connectivity index is 1.15. The molecule has 0 N–H and O–H groups in total. The third-order valence-electron chi connectivity index (χ3n) is 13.9. The molecule has 0 saturated carbocycles. The number of hydrogen-bond donors (Lipinski definition) is 0. The number of para-hydroxylation sites is 2. The Labute approximate surface area is 406 Å². The lowest BCUT2D eigenvalue weighted by Crippen LogP contribution is -2.04. The first-order chi connectivity index (χ1) is 34.6. The lowest BCUT2D eigenvalue weighted by Gasteiger charge is -2.17. The van der Waals surface area contributed by atoms with Crippen molar-refractivity contribution in [2.24, 2.45) is 0 Å². The highest BCUT2D eigenvalue weighted by atomic mass is 15.1. The number of hydrogen-bond acceptors (Lipinski definition) is 3. The summed E-state index contributed by atoms with van der Waals surface area (Å²) in [5, 5.41) is 4.72. The van der Waals surface area contributed by atoms with E-state index in [9.17, 15) is 0 Å². The molecule has 3 heterocycles. The molecule has 0 atom stereocenters. The second kappa shape index (κ2) is 16.8. The fraction of sp³-hybridized carbons (Fsp3) is 0.0308. The molecule has 0 radical (unpaired) electrons. The first-order valence-corrected chi connectivity index (χ1v) is 23.9. The minimum absolute atomic E-state index is 0.587. The molecule has 0 amide bonds. The van der Waals surface area contributed by atoms with Gasteiger partial charge in [0.1, 0.15) is 0 Å². The molecule has 13 aromatic rings. The van der Waals surface area contributed by atoms with Crippen molar-refractivity contribution in [3.05, 3.63) is 248 Å². The summed E-state index contributed by atoms with van der Waals surface area (Å²) in [6.07, 6.45) is 0. The Bertz CT molecular complexity index is 3970. The van der Waals surface area contributed by atoms with Gasteiger partial charge in [-0.1, -0.05) is 188 Å². The third-order valence-corrected chi connectivity index (χ3v) is 13.9. The molecule has 0 aliphatic carbocycles. The zero-order chi connectivity index (χ0) is 46.7. The largest absolute Gasteiger partial charge is 0.309 e. The van der Waals surface area contributed by atoms with Gasteiger partial charge in [-0.2, -0.15) is 0 Å². The van der Waals surface area contributed by atoms with Gasteiger partial charge in [-0.3, -0.25) is 0 Å². The van der Waals surface area contributed by atoms with Crippen LogP contribution in [0.25, 0.3) is 123 Å². The molecular formula is C65H45N5. The van der Waals surface area contributed by atoms with E-state index < -0.39 is 0 Å². The maximum absolute atomic E-state index is 5.43. The van der Waals surface area contributed by atoms with Crippen LogP contribution in [0.4, 0.5) is 0 Å². The molecule has 10 aromatic carbocycles. The lowest BCUT2D eigenvalue weighted by molar-refractivity contribution is 1.06. The van der Waals surface area contributed by atoms with Gasteiger partial charge in [-0.15, -0.1) is 0 Å². The molecule has 0 unspecified atom stereocenters. The van der Waals surface area contributed by atoms with Crippen LogP contribution in [-0.4, -0.2) is 24.1 Å². The molecule has 5 nitrogen and oxygen atoms in total. The Kier molecular flexibility index (Phi) is 9.88. The Morgan fingerprint density at radius 3 is 1.36 bits per heavy atom. The predicted octanol–water partition coefficient (Wildman–Crippen LogP) is 16.7. The molecule has 0 saturated heterocycles. The van der Waals surface area contributed by atoms with Crippen molar-refractivity contribution in [1.29, 1.82) is 0 Å². The minimum Gasteiger partial charge on any atom is -0.309 e. The molecule has 70 heavy (non-hydrogen) atoms. The van der Waals surface area contributed by atoms with Crippen LogP contribution in [0.15, 0.2) is 237 Å². The topological polar surface area (TPSA) is 48.5 Å². The number of aromatic nitrogens is 5. The molecule has 0 fully saturated rings. The first kappa shape index (κ1) is 41.0. The Hall–Kier alpha value is -9.19. The summed E-state index contributed by atoms with van der Waals surface area (Å²) in [5.74, 6) is 1.81. The van der Waals surface area contributed by atoms with Crippen molar-refractivity contribution < 1.29 is 0 Å². The van der Waals surface area contributed by atoms with Gasteiger partial charge in [0.05, 0.1) is 27.8 Å². The van der Waals surface area contributed by atoms with Crippen molar-refractivity contribution in [3.63, 3.8) is 0 Å². The number of rotatable bonds is 8. The number of fused-ring (bicyclic) bond motifs is 6. The average Bonchev–Trinajstić information content (AvgIpc) is 3.94. The second-order valence-corrected chi connectivity index (χ2v) is 18.1. The van der Waals surface area contributed by atoms with E-state index in [0.29, 0.717) is 17.5 Å².